The lowest BCUT2D eigenvalue weighted by Crippen LogP contribution is -2.11. The van der Waals surface area contributed by atoms with Gasteiger partial charge in [0, 0.05) is 40.9 Å². The minimum absolute atomic E-state index is 0.179. The molecule has 0 spiro atoms. The minimum Gasteiger partial charge on any atom is -0.322 e. The second-order valence-electron chi connectivity index (χ2n) is 5.43. The molecule has 4 aromatic rings. The van der Waals surface area contributed by atoms with E-state index in [1.807, 2.05) is 34.9 Å². The van der Waals surface area contributed by atoms with Crippen LogP contribution in [0.1, 0.15) is 15.2 Å². The molecule has 0 unspecified atom stereocenters. The maximum Gasteiger partial charge on any atom is 0.257 e. The van der Waals surface area contributed by atoms with E-state index < -0.39 is 0 Å². The number of nitrogens with zero attached hydrogens (tertiary/aromatic N) is 3. The Bertz CT molecular complexity index is 988. The number of fused-ring (bicyclic) bond motifs is 1. The lowest BCUT2D eigenvalue weighted by Gasteiger charge is -2.06. The van der Waals surface area contributed by atoms with Crippen LogP contribution in [0.2, 0.25) is 0 Å². The van der Waals surface area contributed by atoms with E-state index in [1.54, 1.807) is 35.9 Å². The van der Waals surface area contributed by atoms with Gasteiger partial charge in [0.05, 0.1) is 11.3 Å². The van der Waals surface area contributed by atoms with E-state index in [0.29, 0.717) is 5.56 Å². The topological polar surface area (TPSA) is 59.3 Å². The number of carbonyl (C=O) groups excluding carboxylic acids is 1. The van der Waals surface area contributed by atoms with Crippen LogP contribution in [0.4, 0.5) is 5.69 Å². The molecule has 0 bridgehead atoms. The van der Waals surface area contributed by atoms with Gasteiger partial charge < -0.3 is 5.32 Å². The Morgan fingerprint density at radius 3 is 2.92 bits per heavy atom. The van der Waals surface area contributed by atoms with Crippen LogP contribution in [0.25, 0.3) is 16.2 Å². The van der Waals surface area contributed by atoms with Gasteiger partial charge in [-0.3, -0.25) is 14.2 Å². The first-order valence-corrected chi connectivity index (χ1v) is 8.28. The fourth-order valence-corrected chi connectivity index (χ4v) is 3.32. The second kappa shape index (κ2) is 5.90. The molecular weight excluding hydrogens is 320 g/mol. The molecule has 4 rings (SSSR count). The molecule has 0 aliphatic carbocycles. The maximum absolute atomic E-state index is 12.2. The third-order valence-corrected chi connectivity index (χ3v) is 4.52. The van der Waals surface area contributed by atoms with Gasteiger partial charge in [-0.25, -0.2) is 4.98 Å². The molecule has 24 heavy (non-hydrogen) atoms. The van der Waals surface area contributed by atoms with Crippen molar-refractivity contribution in [3.05, 3.63) is 71.6 Å². The molecule has 0 radical (unpaired) electrons. The van der Waals surface area contributed by atoms with Crippen molar-refractivity contribution >= 4 is 27.9 Å². The summed E-state index contributed by atoms with van der Waals surface area (Å²) in [4.78, 5) is 23.0. The van der Waals surface area contributed by atoms with Crippen molar-refractivity contribution in [2.75, 3.05) is 5.32 Å². The van der Waals surface area contributed by atoms with Crippen molar-refractivity contribution < 1.29 is 4.79 Å². The van der Waals surface area contributed by atoms with Gasteiger partial charge in [-0.05, 0) is 31.2 Å². The highest BCUT2D eigenvalue weighted by atomic mass is 32.1. The summed E-state index contributed by atoms with van der Waals surface area (Å²) in [6, 6.07) is 11.2. The lowest BCUT2D eigenvalue weighted by molar-refractivity contribution is 0.102. The van der Waals surface area contributed by atoms with E-state index in [9.17, 15) is 4.79 Å². The number of hydrogen-bond acceptors (Lipinski definition) is 4. The number of anilines is 1. The molecular formula is C18H14N4OS. The number of amides is 1. The average molecular weight is 334 g/mol. The van der Waals surface area contributed by atoms with Gasteiger partial charge in [-0.1, -0.05) is 12.1 Å². The Labute approximate surface area is 142 Å². The van der Waals surface area contributed by atoms with Crippen LogP contribution in [0, 0.1) is 6.92 Å². The standard InChI is InChI=1S/C18H14N4OS/c1-12-10-22-11-16(21-18(22)24-12)13-4-2-6-15(8-13)20-17(23)14-5-3-7-19-9-14/h2-11H,1H3,(H,20,23). The van der Waals surface area contributed by atoms with E-state index in [4.69, 9.17) is 0 Å². The molecule has 0 saturated carbocycles. The molecule has 1 aromatic carbocycles. The largest absolute Gasteiger partial charge is 0.322 e. The predicted octanol–water partition coefficient (Wildman–Crippen LogP) is 4.02. The van der Waals surface area contributed by atoms with Gasteiger partial charge >= 0.3 is 0 Å². The molecule has 1 N–H and O–H groups in total. The van der Waals surface area contributed by atoms with E-state index in [0.717, 1.165) is 21.9 Å². The van der Waals surface area contributed by atoms with Crippen molar-refractivity contribution in [1.82, 2.24) is 14.4 Å². The number of nitrogens with one attached hydrogen (secondary N) is 1. The number of benzene rings is 1. The van der Waals surface area contributed by atoms with E-state index in [2.05, 4.69) is 28.4 Å². The Morgan fingerprint density at radius 2 is 2.12 bits per heavy atom. The van der Waals surface area contributed by atoms with E-state index in [-0.39, 0.29) is 5.91 Å². The van der Waals surface area contributed by atoms with Gasteiger partial charge in [-0.2, -0.15) is 0 Å². The highest BCUT2D eigenvalue weighted by Gasteiger charge is 2.09. The Hall–Kier alpha value is -2.99. The predicted molar refractivity (Wildman–Crippen MR) is 95.4 cm³/mol. The zero-order valence-corrected chi connectivity index (χ0v) is 13.7. The van der Waals surface area contributed by atoms with Crippen LogP contribution < -0.4 is 5.32 Å². The number of rotatable bonds is 3. The molecule has 0 aliphatic rings. The summed E-state index contributed by atoms with van der Waals surface area (Å²) >= 11 is 1.65. The second-order valence-corrected chi connectivity index (χ2v) is 6.65. The number of aromatic nitrogens is 3. The molecule has 3 aromatic heterocycles. The molecule has 3 heterocycles. The van der Waals surface area contributed by atoms with Crippen molar-refractivity contribution in [2.45, 2.75) is 6.92 Å². The first-order valence-electron chi connectivity index (χ1n) is 7.46. The Kier molecular flexibility index (Phi) is 3.59. The summed E-state index contributed by atoms with van der Waals surface area (Å²) in [6.07, 6.45) is 7.25. The van der Waals surface area contributed by atoms with Crippen LogP contribution in [-0.2, 0) is 0 Å². The van der Waals surface area contributed by atoms with Crippen LogP contribution in [0.15, 0.2) is 61.2 Å². The fourth-order valence-electron chi connectivity index (χ4n) is 2.51. The van der Waals surface area contributed by atoms with Crippen molar-refractivity contribution in [3.63, 3.8) is 0 Å². The molecule has 5 nitrogen and oxygen atoms in total. The zero-order valence-electron chi connectivity index (χ0n) is 12.9. The van der Waals surface area contributed by atoms with Crippen molar-refractivity contribution in [3.8, 4) is 11.3 Å². The number of imidazole rings is 1. The first kappa shape index (κ1) is 14.6. The number of hydrogen-bond donors (Lipinski definition) is 1. The highest BCUT2D eigenvalue weighted by Crippen LogP contribution is 2.25. The Morgan fingerprint density at radius 1 is 1.21 bits per heavy atom. The third kappa shape index (κ3) is 2.79. The summed E-state index contributed by atoms with van der Waals surface area (Å²) in [5.74, 6) is -0.179. The molecule has 1 amide bonds. The summed E-state index contributed by atoms with van der Waals surface area (Å²) in [5, 5.41) is 2.89. The monoisotopic (exact) mass is 334 g/mol. The number of pyridine rings is 1. The van der Waals surface area contributed by atoms with Crippen molar-refractivity contribution in [1.29, 1.82) is 0 Å². The summed E-state index contributed by atoms with van der Waals surface area (Å²) in [6.45, 7) is 2.06. The Balaban J connectivity index is 1.61. The SMILES string of the molecule is Cc1cn2cc(-c3cccc(NC(=O)c4cccnc4)c3)nc2s1. The average Bonchev–Trinajstić information content (AvgIpc) is 3.13. The van der Waals surface area contributed by atoms with Gasteiger partial charge in [-0.15, -0.1) is 11.3 Å². The lowest BCUT2D eigenvalue weighted by atomic mass is 10.1. The van der Waals surface area contributed by atoms with Gasteiger partial charge in [0.15, 0.2) is 4.96 Å². The van der Waals surface area contributed by atoms with Gasteiger partial charge in [0.1, 0.15) is 0 Å². The number of thiazole rings is 1. The molecule has 0 fully saturated rings. The quantitative estimate of drug-likeness (QED) is 0.615. The maximum atomic E-state index is 12.2. The number of aryl methyl sites for hydroxylation is 1. The number of carbonyl (C=O) groups is 1. The van der Waals surface area contributed by atoms with Crippen LogP contribution in [-0.4, -0.2) is 20.3 Å². The first-order chi connectivity index (χ1) is 11.7. The van der Waals surface area contributed by atoms with Crippen molar-refractivity contribution in [2.24, 2.45) is 0 Å². The van der Waals surface area contributed by atoms with Crippen LogP contribution in [0.5, 0.6) is 0 Å². The van der Waals surface area contributed by atoms with Gasteiger partial charge in [0.2, 0.25) is 0 Å². The summed E-state index contributed by atoms with van der Waals surface area (Å²) in [5.41, 5.74) is 3.11. The van der Waals surface area contributed by atoms with Crippen LogP contribution >= 0.6 is 11.3 Å². The normalized spacial score (nSPS) is 10.9. The molecule has 0 atom stereocenters. The molecule has 0 aliphatic heterocycles. The molecule has 6 heteroatoms. The summed E-state index contributed by atoms with van der Waals surface area (Å²) < 4.78 is 2.02. The third-order valence-electron chi connectivity index (χ3n) is 3.61. The fraction of sp³-hybridized carbons (Fsp3) is 0.0556. The zero-order chi connectivity index (χ0) is 16.5. The van der Waals surface area contributed by atoms with E-state index >= 15 is 0 Å². The van der Waals surface area contributed by atoms with E-state index in [1.165, 1.54) is 4.88 Å². The highest BCUT2D eigenvalue weighted by molar-refractivity contribution is 7.17. The van der Waals surface area contributed by atoms with Gasteiger partial charge in [0.25, 0.3) is 5.91 Å². The smallest absolute Gasteiger partial charge is 0.257 e. The summed E-state index contributed by atoms with van der Waals surface area (Å²) in [7, 11) is 0. The minimum atomic E-state index is -0.179. The van der Waals surface area contributed by atoms with Crippen LogP contribution in [0.3, 0.4) is 0 Å². The molecule has 0 saturated heterocycles. The molecule has 118 valence electrons.